The monoisotopic (exact) mass is 301 g/mol. The Hall–Kier alpha value is -2.34. The van der Waals surface area contributed by atoms with E-state index in [1.807, 2.05) is 43.3 Å². The van der Waals surface area contributed by atoms with E-state index in [0.717, 1.165) is 11.1 Å². The lowest BCUT2D eigenvalue weighted by Crippen LogP contribution is -2.40. The lowest BCUT2D eigenvalue weighted by Gasteiger charge is -2.21. The second-order valence-corrected chi connectivity index (χ2v) is 6.53. The molecule has 2 aromatic carbocycles. The van der Waals surface area contributed by atoms with Gasteiger partial charge < -0.3 is 5.32 Å². The number of aliphatic imine (C=N–C) groups is 1. The number of rotatable bonds is 2. The standard InChI is InChI=1S/C15H15N3O2S/c1-11-7-8-13-14(9-11)21(19,20)18-15(17-13)16-10-12-5-3-2-4-6-12/h2-9H,10H2,1H3,(H2,16,17,18). The summed E-state index contributed by atoms with van der Waals surface area (Å²) in [5, 5.41) is 3.01. The summed E-state index contributed by atoms with van der Waals surface area (Å²) in [6.45, 7) is 2.27. The summed E-state index contributed by atoms with van der Waals surface area (Å²) in [4.78, 5) is 4.54. The molecule has 0 spiro atoms. The lowest BCUT2D eigenvalue weighted by atomic mass is 10.2. The molecule has 0 aliphatic carbocycles. The highest BCUT2D eigenvalue weighted by Crippen LogP contribution is 2.25. The molecule has 2 N–H and O–H groups in total. The Morgan fingerprint density at radius 2 is 1.86 bits per heavy atom. The zero-order chi connectivity index (χ0) is 14.9. The van der Waals surface area contributed by atoms with Gasteiger partial charge in [0, 0.05) is 0 Å². The third kappa shape index (κ3) is 2.90. The Labute approximate surface area is 123 Å². The van der Waals surface area contributed by atoms with Crippen molar-refractivity contribution in [2.24, 2.45) is 4.99 Å². The number of fused-ring (bicyclic) bond motifs is 1. The van der Waals surface area contributed by atoms with Crippen LogP contribution in [0.25, 0.3) is 0 Å². The SMILES string of the molecule is Cc1ccc2c(c1)S(=O)(=O)NC(=NCc1ccccc1)N2. The Balaban J connectivity index is 1.90. The van der Waals surface area contributed by atoms with Crippen molar-refractivity contribution in [2.75, 3.05) is 5.32 Å². The van der Waals surface area contributed by atoms with E-state index in [1.54, 1.807) is 12.1 Å². The van der Waals surface area contributed by atoms with Gasteiger partial charge in [-0.15, -0.1) is 0 Å². The van der Waals surface area contributed by atoms with Gasteiger partial charge in [0.15, 0.2) is 0 Å². The Morgan fingerprint density at radius 3 is 2.62 bits per heavy atom. The zero-order valence-electron chi connectivity index (χ0n) is 11.5. The number of hydrogen-bond acceptors (Lipinski definition) is 3. The van der Waals surface area contributed by atoms with Gasteiger partial charge in [-0.2, -0.15) is 0 Å². The van der Waals surface area contributed by atoms with Crippen molar-refractivity contribution in [3.05, 3.63) is 59.7 Å². The van der Waals surface area contributed by atoms with E-state index in [0.29, 0.717) is 12.2 Å². The molecule has 1 aliphatic heterocycles. The molecule has 0 radical (unpaired) electrons. The van der Waals surface area contributed by atoms with E-state index in [4.69, 9.17) is 0 Å². The largest absolute Gasteiger partial charge is 0.324 e. The first-order chi connectivity index (χ1) is 10.0. The average molecular weight is 301 g/mol. The number of aryl methyl sites for hydroxylation is 1. The quantitative estimate of drug-likeness (QED) is 0.894. The van der Waals surface area contributed by atoms with Crippen molar-refractivity contribution < 1.29 is 8.42 Å². The minimum absolute atomic E-state index is 0.246. The number of guanidine groups is 1. The van der Waals surface area contributed by atoms with E-state index in [9.17, 15) is 8.42 Å². The maximum absolute atomic E-state index is 12.2. The van der Waals surface area contributed by atoms with E-state index < -0.39 is 10.0 Å². The highest BCUT2D eigenvalue weighted by atomic mass is 32.2. The summed E-state index contributed by atoms with van der Waals surface area (Å²) >= 11 is 0. The zero-order valence-corrected chi connectivity index (χ0v) is 12.3. The second kappa shape index (κ2) is 5.21. The molecule has 1 aliphatic rings. The Morgan fingerprint density at radius 1 is 1.10 bits per heavy atom. The number of anilines is 1. The Kier molecular flexibility index (Phi) is 3.39. The van der Waals surface area contributed by atoms with Crippen LogP contribution in [0.15, 0.2) is 58.4 Å². The molecule has 0 saturated carbocycles. The first kappa shape index (κ1) is 13.6. The average Bonchev–Trinajstić information content (AvgIpc) is 2.47. The summed E-state index contributed by atoms with van der Waals surface area (Å²) in [6.07, 6.45) is 0. The minimum Gasteiger partial charge on any atom is -0.324 e. The lowest BCUT2D eigenvalue weighted by molar-refractivity contribution is 0.591. The molecule has 6 heteroatoms. The molecule has 108 valence electrons. The third-order valence-electron chi connectivity index (χ3n) is 3.17. The summed E-state index contributed by atoms with van der Waals surface area (Å²) in [6, 6.07) is 14.9. The maximum Gasteiger partial charge on any atom is 0.266 e. The van der Waals surface area contributed by atoms with Gasteiger partial charge in [0.05, 0.1) is 12.2 Å². The van der Waals surface area contributed by atoms with Crippen LogP contribution in [0.3, 0.4) is 0 Å². The van der Waals surface area contributed by atoms with Gasteiger partial charge in [-0.1, -0.05) is 36.4 Å². The van der Waals surface area contributed by atoms with Crippen molar-refractivity contribution in [2.45, 2.75) is 18.4 Å². The first-order valence-electron chi connectivity index (χ1n) is 6.53. The van der Waals surface area contributed by atoms with Gasteiger partial charge in [0.25, 0.3) is 10.0 Å². The number of sulfonamides is 1. The molecule has 0 aromatic heterocycles. The van der Waals surface area contributed by atoms with Crippen LogP contribution < -0.4 is 10.0 Å². The smallest absolute Gasteiger partial charge is 0.266 e. The van der Waals surface area contributed by atoms with Crippen LogP contribution in [0.4, 0.5) is 5.69 Å². The Bertz CT molecular complexity index is 799. The van der Waals surface area contributed by atoms with Gasteiger partial charge >= 0.3 is 0 Å². The molecule has 21 heavy (non-hydrogen) atoms. The summed E-state index contributed by atoms with van der Waals surface area (Å²) in [5.74, 6) is 0.246. The molecule has 0 bridgehead atoms. The van der Waals surface area contributed by atoms with Crippen LogP contribution in [-0.2, 0) is 16.6 Å². The van der Waals surface area contributed by atoms with Gasteiger partial charge in [0.1, 0.15) is 4.90 Å². The fourth-order valence-electron chi connectivity index (χ4n) is 2.12. The van der Waals surface area contributed by atoms with Crippen LogP contribution in [0.2, 0.25) is 0 Å². The number of nitrogens with one attached hydrogen (secondary N) is 2. The number of nitrogens with zero attached hydrogens (tertiary/aromatic N) is 1. The van der Waals surface area contributed by atoms with Crippen molar-refractivity contribution >= 4 is 21.7 Å². The molecule has 0 amide bonds. The minimum atomic E-state index is -3.56. The molecule has 5 nitrogen and oxygen atoms in total. The van der Waals surface area contributed by atoms with E-state index in [-0.39, 0.29) is 10.9 Å². The van der Waals surface area contributed by atoms with Crippen molar-refractivity contribution in [3.8, 4) is 0 Å². The highest BCUT2D eigenvalue weighted by molar-refractivity contribution is 7.90. The third-order valence-corrected chi connectivity index (χ3v) is 4.55. The molecular weight excluding hydrogens is 286 g/mol. The van der Waals surface area contributed by atoms with Crippen LogP contribution in [0.1, 0.15) is 11.1 Å². The van der Waals surface area contributed by atoms with Crippen LogP contribution in [0, 0.1) is 6.92 Å². The molecular formula is C15H15N3O2S. The molecule has 2 aromatic rings. The van der Waals surface area contributed by atoms with Gasteiger partial charge in [0.2, 0.25) is 5.96 Å². The van der Waals surface area contributed by atoms with E-state index in [2.05, 4.69) is 15.0 Å². The summed E-state index contributed by atoms with van der Waals surface area (Å²) in [5.41, 5.74) is 2.46. The topological polar surface area (TPSA) is 70.6 Å². The van der Waals surface area contributed by atoms with Crippen molar-refractivity contribution in [3.63, 3.8) is 0 Å². The fraction of sp³-hybridized carbons (Fsp3) is 0.133. The fourth-order valence-corrected chi connectivity index (χ4v) is 3.35. The molecule has 0 saturated heterocycles. The summed E-state index contributed by atoms with van der Waals surface area (Å²) < 4.78 is 26.9. The van der Waals surface area contributed by atoms with Gasteiger partial charge in [-0.25, -0.2) is 18.1 Å². The number of benzene rings is 2. The molecule has 1 heterocycles. The van der Waals surface area contributed by atoms with Crippen LogP contribution >= 0.6 is 0 Å². The maximum atomic E-state index is 12.2. The first-order valence-corrected chi connectivity index (χ1v) is 8.02. The predicted molar refractivity (Wildman–Crippen MR) is 82.7 cm³/mol. The highest BCUT2D eigenvalue weighted by Gasteiger charge is 2.26. The second-order valence-electron chi connectivity index (χ2n) is 4.88. The van der Waals surface area contributed by atoms with Gasteiger partial charge in [-0.05, 0) is 30.2 Å². The van der Waals surface area contributed by atoms with Crippen molar-refractivity contribution in [1.82, 2.24) is 4.72 Å². The molecule has 0 atom stereocenters. The van der Waals surface area contributed by atoms with Gasteiger partial charge in [-0.3, -0.25) is 0 Å². The summed E-state index contributed by atoms with van der Waals surface area (Å²) in [7, 11) is -3.56. The normalized spacial score (nSPS) is 17.7. The van der Waals surface area contributed by atoms with E-state index >= 15 is 0 Å². The molecule has 3 rings (SSSR count). The van der Waals surface area contributed by atoms with Crippen molar-refractivity contribution in [1.29, 1.82) is 0 Å². The molecule has 0 fully saturated rings. The van der Waals surface area contributed by atoms with E-state index in [1.165, 1.54) is 0 Å². The predicted octanol–water partition coefficient (Wildman–Crippen LogP) is 2.26. The van der Waals surface area contributed by atoms with Crippen LogP contribution in [0.5, 0.6) is 0 Å². The van der Waals surface area contributed by atoms with Crippen LogP contribution in [-0.4, -0.2) is 14.4 Å². The molecule has 0 unspecified atom stereocenters. The number of hydrogen-bond donors (Lipinski definition) is 2.